The van der Waals surface area contributed by atoms with Crippen molar-refractivity contribution in [2.75, 3.05) is 6.61 Å². The molecule has 4 nitrogen and oxygen atoms in total. The van der Waals surface area contributed by atoms with E-state index in [1.165, 1.54) is 0 Å². The first-order chi connectivity index (χ1) is 8.70. The Labute approximate surface area is 106 Å². The zero-order valence-electron chi connectivity index (χ0n) is 10.5. The Hall–Kier alpha value is -1.32. The molecular formula is C14H18O4. The van der Waals surface area contributed by atoms with Gasteiger partial charge in [-0.2, -0.15) is 0 Å². The van der Waals surface area contributed by atoms with Crippen molar-refractivity contribution in [2.24, 2.45) is 23.7 Å². The van der Waals surface area contributed by atoms with Gasteiger partial charge in [0, 0.05) is 5.92 Å². The molecule has 2 aliphatic carbocycles. The van der Waals surface area contributed by atoms with E-state index in [9.17, 15) is 9.59 Å². The number of fused-ring (bicyclic) bond motifs is 4. The molecule has 0 spiro atoms. The van der Waals surface area contributed by atoms with Gasteiger partial charge in [0.1, 0.15) is 6.10 Å². The van der Waals surface area contributed by atoms with E-state index < -0.39 is 0 Å². The van der Waals surface area contributed by atoms with Crippen molar-refractivity contribution in [1.29, 1.82) is 0 Å². The van der Waals surface area contributed by atoms with Crippen LogP contribution in [0.2, 0.25) is 0 Å². The summed E-state index contributed by atoms with van der Waals surface area (Å²) in [6.07, 6.45) is 6.44. The topological polar surface area (TPSA) is 52.6 Å². The molecule has 18 heavy (non-hydrogen) atoms. The first-order valence-electron chi connectivity index (χ1n) is 6.74. The highest BCUT2D eigenvalue weighted by Crippen LogP contribution is 2.48. The van der Waals surface area contributed by atoms with Gasteiger partial charge in [-0.1, -0.05) is 12.2 Å². The molecule has 4 heteroatoms. The molecule has 0 amide bonds. The lowest BCUT2D eigenvalue weighted by Gasteiger charge is -2.38. The largest absolute Gasteiger partial charge is 0.466 e. The number of hydrogen-bond acceptors (Lipinski definition) is 4. The predicted molar refractivity (Wildman–Crippen MR) is 63.5 cm³/mol. The van der Waals surface area contributed by atoms with E-state index in [2.05, 4.69) is 12.2 Å². The van der Waals surface area contributed by atoms with Crippen molar-refractivity contribution >= 4 is 11.9 Å². The van der Waals surface area contributed by atoms with Gasteiger partial charge in [-0.25, -0.2) is 0 Å². The van der Waals surface area contributed by atoms with Crippen molar-refractivity contribution in [3.8, 4) is 0 Å². The minimum atomic E-state index is -0.142. The first-order valence-corrected chi connectivity index (χ1v) is 6.74. The average Bonchev–Trinajstić information content (AvgIpc) is 2.65. The fourth-order valence-electron chi connectivity index (χ4n) is 3.68. The molecule has 2 bridgehead atoms. The maximum atomic E-state index is 12.0. The molecule has 0 aromatic rings. The van der Waals surface area contributed by atoms with Crippen molar-refractivity contribution < 1.29 is 19.1 Å². The molecule has 0 N–H and O–H groups in total. The van der Waals surface area contributed by atoms with Gasteiger partial charge in [-0.05, 0) is 32.1 Å². The van der Waals surface area contributed by atoms with E-state index in [0.29, 0.717) is 18.9 Å². The van der Waals surface area contributed by atoms with E-state index >= 15 is 0 Å². The van der Waals surface area contributed by atoms with E-state index in [1.807, 2.05) is 6.92 Å². The molecule has 0 unspecified atom stereocenters. The van der Waals surface area contributed by atoms with Crippen LogP contribution in [0.3, 0.4) is 0 Å². The summed E-state index contributed by atoms with van der Waals surface area (Å²) < 4.78 is 10.6. The van der Waals surface area contributed by atoms with Crippen LogP contribution in [0.25, 0.3) is 0 Å². The van der Waals surface area contributed by atoms with Crippen LogP contribution in [-0.2, 0) is 19.1 Å². The lowest BCUT2D eigenvalue weighted by molar-refractivity contribution is -0.156. The third-order valence-corrected chi connectivity index (χ3v) is 4.43. The van der Waals surface area contributed by atoms with Crippen LogP contribution in [0.5, 0.6) is 0 Å². The Morgan fingerprint density at radius 3 is 3.11 bits per heavy atom. The van der Waals surface area contributed by atoms with Crippen molar-refractivity contribution in [1.82, 2.24) is 0 Å². The van der Waals surface area contributed by atoms with Gasteiger partial charge in [0.2, 0.25) is 0 Å². The second-order valence-corrected chi connectivity index (χ2v) is 5.41. The second-order valence-electron chi connectivity index (χ2n) is 5.41. The molecule has 5 atom stereocenters. The Bertz CT molecular complexity index is 401. The predicted octanol–water partition coefficient (Wildman–Crippen LogP) is 1.69. The van der Waals surface area contributed by atoms with Crippen LogP contribution in [0.1, 0.15) is 26.2 Å². The monoisotopic (exact) mass is 250 g/mol. The number of esters is 2. The van der Waals surface area contributed by atoms with Crippen LogP contribution < -0.4 is 0 Å². The smallest absolute Gasteiger partial charge is 0.309 e. The van der Waals surface area contributed by atoms with Crippen molar-refractivity contribution in [2.45, 2.75) is 32.3 Å². The quantitative estimate of drug-likeness (QED) is 0.553. The number of carbonyl (C=O) groups is 2. The van der Waals surface area contributed by atoms with E-state index in [4.69, 9.17) is 9.47 Å². The number of ether oxygens (including phenoxy) is 2. The zero-order chi connectivity index (χ0) is 12.7. The highest BCUT2D eigenvalue weighted by Gasteiger charge is 2.52. The summed E-state index contributed by atoms with van der Waals surface area (Å²) in [6.45, 7) is 2.23. The fourth-order valence-corrected chi connectivity index (χ4v) is 3.68. The summed E-state index contributed by atoms with van der Waals surface area (Å²) in [5, 5.41) is 0. The highest BCUT2D eigenvalue weighted by molar-refractivity contribution is 5.77. The van der Waals surface area contributed by atoms with Crippen LogP contribution in [0.15, 0.2) is 12.2 Å². The van der Waals surface area contributed by atoms with Crippen molar-refractivity contribution in [3.05, 3.63) is 12.2 Å². The van der Waals surface area contributed by atoms with Crippen molar-refractivity contribution in [3.63, 3.8) is 0 Å². The first kappa shape index (κ1) is 11.8. The summed E-state index contributed by atoms with van der Waals surface area (Å²) in [5.41, 5.74) is 0. The van der Waals surface area contributed by atoms with E-state index in [1.54, 1.807) is 0 Å². The minimum Gasteiger partial charge on any atom is -0.466 e. The standard InChI is InChI=1S/C14H18O4/c1-2-17-14(16)10-5-3-4-8-6-9-7-11(12(8)10)18-13(9)15/h3-4,8-12H,2,5-7H2,1H3/t8-,9-,10-,11-,12-/m0/s1. The SMILES string of the molecule is CCOC(=O)[C@H]1CC=C[C@H]2C[C@H]3C[C@H](OC3=O)[C@H]12. The summed E-state index contributed by atoms with van der Waals surface area (Å²) in [6, 6.07) is 0. The number of rotatable bonds is 2. The summed E-state index contributed by atoms with van der Waals surface area (Å²) in [7, 11) is 0. The van der Waals surface area contributed by atoms with Gasteiger partial charge in [0.15, 0.2) is 0 Å². The molecule has 1 heterocycles. The minimum absolute atomic E-state index is 0.0434. The molecule has 0 radical (unpaired) electrons. The molecule has 0 aromatic carbocycles. The van der Waals surface area contributed by atoms with Gasteiger partial charge in [0.25, 0.3) is 0 Å². The Balaban J connectivity index is 1.84. The molecule has 3 rings (SSSR count). The highest BCUT2D eigenvalue weighted by atomic mass is 16.6. The summed E-state index contributed by atoms with van der Waals surface area (Å²) in [4.78, 5) is 23.7. The van der Waals surface area contributed by atoms with Crippen LogP contribution in [-0.4, -0.2) is 24.6 Å². The molecule has 2 fully saturated rings. The normalized spacial score (nSPS) is 41.2. The van der Waals surface area contributed by atoms with Crippen LogP contribution >= 0.6 is 0 Å². The van der Waals surface area contributed by atoms with Crippen LogP contribution in [0.4, 0.5) is 0 Å². The van der Waals surface area contributed by atoms with Gasteiger partial charge in [-0.3, -0.25) is 9.59 Å². The summed E-state index contributed by atoms with van der Waals surface area (Å²) >= 11 is 0. The summed E-state index contributed by atoms with van der Waals surface area (Å²) in [5.74, 6) is 0.0995. The van der Waals surface area contributed by atoms with E-state index in [-0.39, 0.29) is 35.8 Å². The van der Waals surface area contributed by atoms with Gasteiger partial charge < -0.3 is 9.47 Å². The maximum absolute atomic E-state index is 12.0. The molecular weight excluding hydrogens is 232 g/mol. The molecule has 1 aliphatic heterocycles. The average molecular weight is 250 g/mol. The van der Waals surface area contributed by atoms with Crippen LogP contribution in [0, 0.1) is 23.7 Å². The number of hydrogen-bond donors (Lipinski definition) is 0. The Kier molecular flexibility index (Phi) is 2.88. The zero-order valence-corrected chi connectivity index (χ0v) is 10.5. The molecule has 0 aromatic heterocycles. The third-order valence-electron chi connectivity index (χ3n) is 4.43. The molecule has 1 saturated heterocycles. The van der Waals surface area contributed by atoms with Gasteiger partial charge in [0.05, 0.1) is 18.4 Å². The lowest BCUT2D eigenvalue weighted by Crippen LogP contribution is -2.42. The molecule has 3 aliphatic rings. The Morgan fingerprint density at radius 2 is 2.33 bits per heavy atom. The second kappa shape index (κ2) is 4.41. The molecule has 98 valence electrons. The van der Waals surface area contributed by atoms with Gasteiger partial charge in [-0.15, -0.1) is 0 Å². The number of allylic oxidation sites excluding steroid dienone is 2. The third kappa shape index (κ3) is 1.74. The maximum Gasteiger partial charge on any atom is 0.309 e. The lowest BCUT2D eigenvalue weighted by atomic mass is 9.65. The van der Waals surface area contributed by atoms with Gasteiger partial charge >= 0.3 is 11.9 Å². The fraction of sp³-hybridized carbons (Fsp3) is 0.714. The Morgan fingerprint density at radius 1 is 1.50 bits per heavy atom. The van der Waals surface area contributed by atoms with E-state index in [0.717, 1.165) is 12.8 Å². The number of carbonyl (C=O) groups excluding carboxylic acids is 2. The molecule has 1 saturated carbocycles.